The van der Waals surface area contributed by atoms with Crippen molar-refractivity contribution >= 4 is 34.6 Å². The maximum Gasteiger partial charge on any atom is 0.282 e. The van der Waals surface area contributed by atoms with Crippen LogP contribution >= 0.6 is 11.6 Å². The van der Waals surface area contributed by atoms with Crippen LogP contribution in [-0.4, -0.2) is 23.9 Å². The Bertz CT molecular complexity index is 804. The first-order valence-corrected chi connectivity index (χ1v) is 8.53. The number of carbonyl (C=O) groups is 1. The lowest BCUT2D eigenvalue weighted by atomic mass is 10.1. The van der Waals surface area contributed by atoms with Crippen LogP contribution < -0.4 is 10.2 Å². The molecule has 0 aromatic heterocycles. The van der Waals surface area contributed by atoms with Crippen LogP contribution in [0.4, 0.5) is 17.1 Å². The molecule has 2 aromatic rings. The lowest BCUT2D eigenvalue weighted by Gasteiger charge is -2.29. The monoisotopic (exact) mass is 359 g/mol. The smallest absolute Gasteiger partial charge is 0.282 e. The van der Waals surface area contributed by atoms with Gasteiger partial charge in [0.1, 0.15) is 5.56 Å². The molecule has 25 heavy (non-hydrogen) atoms. The van der Waals surface area contributed by atoms with Gasteiger partial charge in [-0.05, 0) is 43.5 Å². The summed E-state index contributed by atoms with van der Waals surface area (Å²) in [6.45, 7) is 1.95. The minimum Gasteiger partial charge on any atom is -0.370 e. The number of halogens is 1. The molecule has 1 N–H and O–H groups in total. The molecule has 1 aliphatic heterocycles. The predicted molar refractivity (Wildman–Crippen MR) is 98.6 cm³/mol. The Morgan fingerprint density at radius 3 is 2.52 bits per heavy atom. The number of nitrogens with one attached hydrogen (secondary N) is 1. The molecule has 0 radical (unpaired) electrons. The zero-order valence-corrected chi connectivity index (χ0v) is 14.3. The number of hydrogen-bond donors (Lipinski definition) is 1. The molecule has 1 amide bonds. The molecule has 1 aliphatic rings. The zero-order valence-electron chi connectivity index (χ0n) is 13.6. The second-order valence-corrected chi connectivity index (χ2v) is 6.35. The van der Waals surface area contributed by atoms with Crippen molar-refractivity contribution in [3.05, 3.63) is 63.2 Å². The van der Waals surface area contributed by atoms with Crippen LogP contribution in [0, 0.1) is 10.1 Å². The second kappa shape index (κ2) is 7.53. The normalized spacial score (nSPS) is 14.2. The van der Waals surface area contributed by atoms with Crippen molar-refractivity contribution in [2.24, 2.45) is 0 Å². The predicted octanol–water partition coefficient (Wildman–Crippen LogP) is 4.49. The Kier molecular flexibility index (Phi) is 5.19. The first-order valence-electron chi connectivity index (χ1n) is 8.15. The Morgan fingerprint density at radius 2 is 1.84 bits per heavy atom. The van der Waals surface area contributed by atoms with Crippen LogP contribution in [-0.2, 0) is 0 Å². The quantitative estimate of drug-likeness (QED) is 0.644. The van der Waals surface area contributed by atoms with E-state index in [1.165, 1.54) is 24.6 Å². The molecular formula is C18H18ClN3O3. The molecule has 0 bridgehead atoms. The highest BCUT2D eigenvalue weighted by molar-refractivity contribution is 6.33. The van der Waals surface area contributed by atoms with E-state index in [0.717, 1.165) is 31.6 Å². The molecule has 2 aromatic carbocycles. The molecule has 0 spiro atoms. The largest absolute Gasteiger partial charge is 0.370 e. The number of piperidine rings is 1. The van der Waals surface area contributed by atoms with Crippen LogP contribution in [0.1, 0.15) is 29.6 Å². The summed E-state index contributed by atoms with van der Waals surface area (Å²) >= 11 is 6.37. The van der Waals surface area contributed by atoms with Crippen LogP contribution in [0.3, 0.4) is 0 Å². The van der Waals surface area contributed by atoms with Gasteiger partial charge in [0, 0.05) is 24.8 Å². The maximum absolute atomic E-state index is 12.4. The van der Waals surface area contributed by atoms with E-state index in [9.17, 15) is 14.9 Å². The van der Waals surface area contributed by atoms with Gasteiger partial charge in [-0.25, -0.2) is 0 Å². The minimum atomic E-state index is -0.568. The van der Waals surface area contributed by atoms with Crippen LogP contribution in [0.2, 0.25) is 5.02 Å². The molecule has 1 heterocycles. The van der Waals surface area contributed by atoms with Crippen LogP contribution in [0.5, 0.6) is 0 Å². The van der Waals surface area contributed by atoms with Crippen LogP contribution in [0.15, 0.2) is 42.5 Å². The summed E-state index contributed by atoms with van der Waals surface area (Å²) in [5.74, 6) is -0.533. The van der Waals surface area contributed by atoms with Crippen molar-refractivity contribution in [3.8, 4) is 0 Å². The molecule has 1 fully saturated rings. The van der Waals surface area contributed by atoms with E-state index in [-0.39, 0.29) is 11.3 Å². The molecule has 0 unspecified atom stereocenters. The Hall–Kier alpha value is -2.60. The van der Waals surface area contributed by atoms with Gasteiger partial charge in [-0.15, -0.1) is 0 Å². The van der Waals surface area contributed by atoms with Gasteiger partial charge in [-0.1, -0.05) is 23.7 Å². The minimum absolute atomic E-state index is 0.0173. The van der Waals surface area contributed by atoms with Crippen molar-refractivity contribution < 1.29 is 9.72 Å². The van der Waals surface area contributed by atoms with Crippen LogP contribution in [0.25, 0.3) is 0 Å². The van der Waals surface area contributed by atoms with Gasteiger partial charge in [0.25, 0.3) is 11.6 Å². The van der Waals surface area contributed by atoms with E-state index in [0.29, 0.717) is 10.7 Å². The molecule has 1 saturated heterocycles. The highest BCUT2D eigenvalue weighted by Crippen LogP contribution is 2.31. The molecule has 130 valence electrons. The first-order chi connectivity index (χ1) is 12.1. The van der Waals surface area contributed by atoms with Crippen molar-refractivity contribution in [2.75, 3.05) is 23.3 Å². The summed E-state index contributed by atoms with van der Waals surface area (Å²) in [6, 6.07) is 11.2. The number of nitrogens with zero attached hydrogens (tertiary/aromatic N) is 2. The van der Waals surface area contributed by atoms with Gasteiger partial charge in [-0.3, -0.25) is 14.9 Å². The van der Waals surface area contributed by atoms with Crippen molar-refractivity contribution in [2.45, 2.75) is 19.3 Å². The fraction of sp³-hybridized carbons (Fsp3) is 0.278. The highest BCUT2D eigenvalue weighted by Gasteiger charge is 2.20. The van der Waals surface area contributed by atoms with Gasteiger partial charge in [0.05, 0.1) is 15.6 Å². The fourth-order valence-corrected chi connectivity index (χ4v) is 3.30. The molecular weight excluding hydrogens is 342 g/mol. The number of carbonyl (C=O) groups excluding carboxylic acids is 1. The van der Waals surface area contributed by atoms with E-state index < -0.39 is 10.8 Å². The summed E-state index contributed by atoms with van der Waals surface area (Å²) in [5, 5.41) is 14.3. The number of amides is 1. The standard InChI is InChI=1S/C18H18ClN3O3/c19-15-12-13(8-9-17(15)21-10-4-1-5-11-21)20-18(23)14-6-2-3-7-16(14)22(24)25/h2-3,6-9,12H,1,4-5,10-11H2,(H,20,23). The van der Waals surface area contributed by atoms with Gasteiger partial charge < -0.3 is 10.2 Å². The van der Waals surface area contributed by atoms with Gasteiger partial charge in [0.2, 0.25) is 0 Å². The average molecular weight is 360 g/mol. The lowest BCUT2D eigenvalue weighted by molar-refractivity contribution is -0.385. The Balaban J connectivity index is 1.78. The van der Waals surface area contributed by atoms with E-state index >= 15 is 0 Å². The zero-order chi connectivity index (χ0) is 17.8. The van der Waals surface area contributed by atoms with E-state index in [1.807, 2.05) is 6.07 Å². The number of nitro groups is 1. The summed E-state index contributed by atoms with van der Waals surface area (Å²) in [6.07, 6.45) is 3.52. The van der Waals surface area contributed by atoms with E-state index in [4.69, 9.17) is 11.6 Å². The second-order valence-electron chi connectivity index (χ2n) is 5.94. The van der Waals surface area contributed by atoms with Crippen molar-refractivity contribution in [1.29, 1.82) is 0 Å². The lowest BCUT2D eigenvalue weighted by Crippen LogP contribution is -2.29. The first kappa shape index (κ1) is 17.2. The Morgan fingerprint density at radius 1 is 1.12 bits per heavy atom. The molecule has 0 saturated carbocycles. The average Bonchev–Trinajstić information content (AvgIpc) is 2.62. The van der Waals surface area contributed by atoms with E-state index in [2.05, 4.69) is 10.2 Å². The maximum atomic E-state index is 12.4. The van der Waals surface area contributed by atoms with Gasteiger partial charge >= 0.3 is 0 Å². The summed E-state index contributed by atoms with van der Waals surface area (Å²) in [5.41, 5.74) is 1.25. The number of benzene rings is 2. The Labute approximate surface area is 150 Å². The summed E-state index contributed by atoms with van der Waals surface area (Å²) < 4.78 is 0. The van der Waals surface area contributed by atoms with Crippen molar-refractivity contribution in [1.82, 2.24) is 0 Å². The third-order valence-corrected chi connectivity index (χ3v) is 4.55. The molecule has 6 nitrogen and oxygen atoms in total. The third-order valence-electron chi connectivity index (χ3n) is 4.25. The third kappa shape index (κ3) is 3.91. The SMILES string of the molecule is O=C(Nc1ccc(N2CCCCC2)c(Cl)c1)c1ccccc1[N+](=O)[O-]. The fourth-order valence-electron chi connectivity index (χ4n) is 3.00. The summed E-state index contributed by atoms with van der Waals surface area (Å²) in [7, 11) is 0. The molecule has 0 atom stereocenters. The number of nitro benzene ring substituents is 1. The number of rotatable bonds is 4. The van der Waals surface area contributed by atoms with E-state index in [1.54, 1.807) is 18.2 Å². The number of anilines is 2. The molecule has 7 heteroatoms. The van der Waals surface area contributed by atoms with Gasteiger partial charge in [0.15, 0.2) is 0 Å². The molecule has 0 aliphatic carbocycles. The molecule has 3 rings (SSSR count). The van der Waals surface area contributed by atoms with Crippen molar-refractivity contribution in [3.63, 3.8) is 0 Å². The number of para-hydroxylation sites is 1. The number of hydrogen-bond acceptors (Lipinski definition) is 4. The highest BCUT2D eigenvalue weighted by atomic mass is 35.5. The topological polar surface area (TPSA) is 75.5 Å². The van der Waals surface area contributed by atoms with Gasteiger partial charge in [-0.2, -0.15) is 0 Å². The summed E-state index contributed by atoms with van der Waals surface area (Å²) in [4.78, 5) is 25.1.